The fourth-order valence-corrected chi connectivity index (χ4v) is 3.47. The second kappa shape index (κ2) is 7.74. The van der Waals surface area contributed by atoms with Gasteiger partial charge in [-0.1, -0.05) is 0 Å². The molecule has 10 heteroatoms. The Morgan fingerprint density at radius 2 is 1.59 bits per heavy atom. The van der Waals surface area contributed by atoms with Gasteiger partial charge in [0.15, 0.2) is 11.5 Å². The number of anilines is 1. The van der Waals surface area contributed by atoms with Crippen LogP contribution in [0.15, 0.2) is 33.0 Å². The van der Waals surface area contributed by atoms with Gasteiger partial charge in [-0.05, 0) is 24.6 Å². The van der Waals surface area contributed by atoms with Crippen LogP contribution in [0.2, 0.25) is 0 Å². The number of allylic oxidation sites excluding steroid dienone is 1. The number of methoxy groups -OCH3 is 4. The third-order valence-corrected chi connectivity index (χ3v) is 4.70. The van der Waals surface area contributed by atoms with Gasteiger partial charge in [0.1, 0.15) is 5.82 Å². The van der Waals surface area contributed by atoms with Crippen LogP contribution in [0, 0.1) is 0 Å². The average molecular weight is 403 g/mol. The molecule has 1 aromatic heterocycles. The molecule has 0 spiro atoms. The highest BCUT2D eigenvalue weighted by Gasteiger charge is 2.36. The van der Waals surface area contributed by atoms with Gasteiger partial charge in [0, 0.05) is 5.70 Å². The molecular formula is C19H21N3O7. The van der Waals surface area contributed by atoms with Crippen molar-refractivity contribution < 1.29 is 23.7 Å². The number of hydrogen-bond acceptors (Lipinski definition) is 8. The van der Waals surface area contributed by atoms with Crippen molar-refractivity contribution in [1.29, 1.82) is 0 Å². The van der Waals surface area contributed by atoms with Crippen LogP contribution in [0.3, 0.4) is 0 Å². The van der Waals surface area contributed by atoms with Crippen molar-refractivity contribution in [3.8, 4) is 17.2 Å². The molecule has 1 aromatic carbocycles. The van der Waals surface area contributed by atoms with Crippen LogP contribution in [0.4, 0.5) is 5.82 Å². The Morgan fingerprint density at radius 3 is 2.10 bits per heavy atom. The molecule has 0 aliphatic carbocycles. The summed E-state index contributed by atoms with van der Waals surface area (Å²) in [4.78, 5) is 41.8. The zero-order valence-electron chi connectivity index (χ0n) is 16.6. The van der Waals surface area contributed by atoms with Gasteiger partial charge < -0.3 is 24.3 Å². The zero-order chi connectivity index (χ0) is 21.3. The topological polar surface area (TPSA) is 132 Å². The van der Waals surface area contributed by atoms with Gasteiger partial charge in [-0.25, -0.2) is 9.59 Å². The lowest BCUT2D eigenvalue weighted by Crippen LogP contribution is -2.34. The number of ether oxygens (including phenoxy) is 4. The standard InChI is InChI=1S/C19H21N3O7/c1-8-12(18(24)29-5)13(14-16(20-8)21-19(25)22-17(14)23)9-6-10(26-2)15(28-4)11(7-9)27-3/h6-7,13H,1-5H3,(H3,20,21,22,23,25)/t13-/m0/s1. The molecule has 0 unspecified atom stereocenters. The van der Waals surface area contributed by atoms with E-state index in [1.165, 1.54) is 28.4 Å². The minimum atomic E-state index is -0.854. The number of benzene rings is 1. The summed E-state index contributed by atoms with van der Waals surface area (Å²) in [6.45, 7) is 1.65. The molecule has 0 bridgehead atoms. The second-order valence-electron chi connectivity index (χ2n) is 6.24. The first-order chi connectivity index (χ1) is 13.9. The van der Waals surface area contributed by atoms with Crippen molar-refractivity contribution in [1.82, 2.24) is 9.97 Å². The lowest BCUT2D eigenvalue weighted by atomic mass is 9.82. The van der Waals surface area contributed by atoms with Crippen LogP contribution in [0.1, 0.15) is 24.0 Å². The number of hydrogen-bond donors (Lipinski definition) is 3. The molecule has 29 heavy (non-hydrogen) atoms. The minimum absolute atomic E-state index is 0.157. The Kier molecular flexibility index (Phi) is 5.35. The molecule has 10 nitrogen and oxygen atoms in total. The van der Waals surface area contributed by atoms with Crippen LogP contribution in [-0.2, 0) is 9.53 Å². The molecule has 2 heterocycles. The predicted molar refractivity (Wildman–Crippen MR) is 104 cm³/mol. The summed E-state index contributed by atoms with van der Waals surface area (Å²) in [7, 11) is 5.65. The van der Waals surface area contributed by atoms with E-state index < -0.39 is 23.1 Å². The Hall–Kier alpha value is -3.69. The molecule has 1 atom stereocenters. The van der Waals surface area contributed by atoms with E-state index in [-0.39, 0.29) is 17.0 Å². The monoisotopic (exact) mass is 403 g/mol. The molecule has 154 valence electrons. The normalized spacial score (nSPS) is 15.3. The number of carbonyl (C=O) groups is 1. The van der Waals surface area contributed by atoms with E-state index in [1.54, 1.807) is 19.1 Å². The highest BCUT2D eigenvalue weighted by atomic mass is 16.5. The van der Waals surface area contributed by atoms with E-state index >= 15 is 0 Å². The number of aromatic amines is 2. The fraction of sp³-hybridized carbons (Fsp3) is 0.316. The summed E-state index contributed by atoms with van der Waals surface area (Å²) in [5.41, 5.74) is 0.0173. The summed E-state index contributed by atoms with van der Waals surface area (Å²) in [5.74, 6) is -0.210. The number of fused-ring (bicyclic) bond motifs is 1. The van der Waals surface area contributed by atoms with E-state index in [0.717, 1.165) is 0 Å². The molecule has 0 saturated heterocycles. The van der Waals surface area contributed by atoms with E-state index in [9.17, 15) is 14.4 Å². The van der Waals surface area contributed by atoms with E-state index in [0.29, 0.717) is 28.5 Å². The average Bonchev–Trinajstić information content (AvgIpc) is 2.70. The largest absolute Gasteiger partial charge is 0.493 e. The van der Waals surface area contributed by atoms with Crippen LogP contribution in [0.5, 0.6) is 17.2 Å². The summed E-state index contributed by atoms with van der Waals surface area (Å²) in [6.07, 6.45) is 0. The first kappa shape index (κ1) is 20.1. The van der Waals surface area contributed by atoms with Crippen molar-refractivity contribution >= 4 is 11.8 Å². The highest BCUT2D eigenvalue weighted by molar-refractivity contribution is 5.94. The van der Waals surface area contributed by atoms with Crippen LogP contribution >= 0.6 is 0 Å². The maximum atomic E-state index is 12.7. The summed E-state index contributed by atoms with van der Waals surface area (Å²) < 4.78 is 21.1. The van der Waals surface area contributed by atoms with Gasteiger partial charge >= 0.3 is 11.7 Å². The Labute approximate surface area is 165 Å². The molecule has 3 rings (SSSR count). The van der Waals surface area contributed by atoms with Crippen molar-refractivity contribution in [3.05, 3.63) is 55.4 Å². The highest BCUT2D eigenvalue weighted by Crippen LogP contribution is 2.45. The van der Waals surface area contributed by atoms with Gasteiger partial charge in [-0.2, -0.15) is 0 Å². The summed E-state index contributed by atoms with van der Waals surface area (Å²) in [5, 5.41) is 2.90. The molecule has 0 saturated carbocycles. The summed E-state index contributed by atoms with van der Waals surface area (Å²) in [6, 6.07) is 3.28. The van der Waals surface area contributed by atoms with E-state index in [4.69, 9.17) is 18.9 Å². The van der Waals surface area contributed by atoms with Crippen molar-refractivity contribution in [2.24, 2.45) is 0 Å². The van der Waals surface area contributed by atoms with Crippen LogP contribution in [0.25, 0.3) is 0 Å². The molecule has 0 fully saturated rings. The van der Waals surface area contributed by atoms with Gasteiger partial charge in [0.2, 0.25) is 5.75 Å². The maximum absolute atomic E-state index is 12.7. The first-order valence-electron chi connectivity index (χ1n) is 8.58. The van der Waals surface area contributed by atoms with Crippen molar-refractivity contribution in [2.45, 2.75) is 12.8 Å². The lowest BCUT2D eigenvalue weighted by molar-refractivity contribution is -0.136. The molecule has 2 aromatic rings. The number of H-pyrrole nitrogens is 2. The number of esters is 1. The Bertz CT molecular complexity index is 1090. The molecule has 1 aliphatic rings. The molecule has 1 aliphatic heterocycles. The maximum Gasteiger partial charge on any atom is 0.336 e. The Balaban J connectivity index is 2.38. The number of rotatable bonds is 5. The zero-order valence-corrected chi connectivity index (χ0v) is 16.6. The van der Waals surface area contributed by atoms with E-state index in [2.05, 4.69) is 15.3 Å². The molecule has 0 amide bonds. The van der Waals surface area contributed by atoms with Crippen LogP contribution in [-0.4, -0.2) is 44.4 Å². The lowest BCUT2D eigenvalue weighted by Gasteiger charge is -2.29. The first-order valence-corrected chi connectivity index (χ1v) is 8.58. The van der Waals surface area contributed by atoms with Gasteiger partial charge in [-0.3, -0.25) is 14.8 Å². The number of aromatic nitrogens is 2. The Morgan fingerprint density at radius 1 is 0.966 bits per heavy atom. The third-order valence-electron chi connectivity index (χ3n) is 4.70. The fourth-order valence-electron chi connectivity index (χ4n) is 3.47. The smallest absolute Gasteiger partial charge is 0.336 e. The second-order valence-corrected chi connectivity index (χ2v) is 6.24. The molecule has 3 N–H and O–H groups in total. The minimum Gasteiger partial charge on any atom is -0.493 e. The van der Waals surface area contributed by atoms with E-state index in [1.807, 2.05) is 0 Å². The molecular weight excluding hydrogens is 382 g/mol. The SMILES string of the molecule is COC(=O)C1=C(C)Nc2[nH]c(=O)[nH]c(=O)c2[C@H]1c1cc(OC)c(OC)c(OC)c1. The molecule has 0 radical (unpaired) electrons. The number of nitrogens with one attached hydrogen (secondary N) is 3. The quantitative estimate of drug-likeness (QED) is 0.632. The van der Waals surface area contributed by atoms with Gasteiger partial charge in [-0.15, -0.1) is 0 Å². The van der Waals surface area contributed by atoms with Gasteiger partial charge in [0.05, 0.1) is 45.5 Å². The third kappa shape index (κ3) is 3.33. The van der Waals surface area contributed by atoms with Crippen molar-refractivity contribution in [2.75, 3.05) is 33.8 Å². The predicted octanol–water partition coefficient (Wildman–Crippen LogP) is 1.09. The van der Waals surface area contributed by atoms with Crippen LogP contribution < -0.4 is 30.8 Å². The number of carbonyl (C=O) groups excluding carboxylic acids is 1. The van der Waals surface area contributed by atoms with Crippen molar-refractivity contribution in [3.63, 3.8) is 0 Å². The van der Waals surface area contributed by atoms with Gasteiger partial charge in [0.25, 0.3) is 5.56 Å². The summed E-state index contributed by atoms with van der Waals surface area (Å²) >= 11 is 0.